The lowest BCUT2D eigenvalue weighted by Crippen LogP contribution is -2.26. The Hall–Kier alpha value is -1.84. The third-order valence-corrected chi connectivity index (χ3v) is 4.16. The van der Waals surface area contributed by atoms with Crippen LogP contribution in [0, 0.1) is 0 Å². The van der Waals surface area contributed by atoms with Crippen LogP contribution < -0.4 is 0 Å². The molecule has 23 heavy (non-hydrogen) atoms. The molecular formula is C19H28O4. The lowest BCUT2D eigenvalue weighted by atomic mass is 9.89. The largest absolute Gasteiger partial charge is 0.482 e. The Kier molecular flexibility index (Phi) is 7.27. The maximum Gasteiger partial charge on any atom is 0.334 e. The fourth-order valence-electron chi connectivity index (χ4n) is 2.67. The molecule has 0 aromatic carbocycles. The molecule has 0 saturated carbocycles. The second-order valence-electron chi connectivity index (χ2n) is 5.87. The molecule has 0 amide bonds. The lowest BCUT2D eigenvalue weighted by Gasteiger charge is -2.27. The van der Waals surface area contributed by atoms with Gasteiger partial charge in [-0.25, -0.2) is 4.79 Å². The zero-order chi connectivity index (χ0) is 17.5. The van der Waals surface area contributed by atoms with Crippen LogP contribution in [0.25, 0.3) is 0 Å². The monoisotopic (exact) mass is 320 g/mol. The molecule has 0 bridgehead atoms. The minimum atomic E-state index is -0.441. The van der Waals surface area contributed by atoms with Crippen LogP contribution in [-0.4, -0.2) is 24.5 Å². The van der Waals surface area contributed by atoms with Crippen LogP contribution in [0.5, 0.6) is 0 Å². The average molecular weight is 320 g/mol. The van der Waals surface area contributed by atoms with Gasteiger partial charge in [0.1, 0.15) is 17.1 Å². The quantitative estimate of drug-likeness (QED) is 0.381. The van der Waals surface area contributed by atoms with Crippen molar-refractivity contribution in [1.82, 2.24) is 0 Å². The summed E-state index contributed by atoms with van der Waals surface area (Å²) in [5.74, 6) is 0.349. The predicted molar refractivity (Wildman–Crippen MR) is 90.9 cm³/mol. The van der Waals surface area contributed by atoms with Gasteiger partial charge in [0.15, 0.2) is 0 Å². The van der Waals surface area contributed by atoms with Crippen molar-refractivity contribution in [3.8, 4) is 0 Å². The van der Waals surface area contributed by atoms with Gasteiger partial charge >= 0.3 is 5.97 Å². The Morgan fingerprint density at radius 3 is 2.48 bits per heavy atom. The Morgan fingerprint density at radius 1 is 1.30 bits per heavy atom. The first-order valence-electron chi connectivity index (χ1n) is 8.27. The molecule has 1 aliphatic heterocycles. The molecule has 0 saturated heterocycles. The number of rotatable bonds is 8. The molecule has 4 heteroatoms. The van der Waals surface area contributed by atoms with E-state index in [2.05, 4.69) is 19.9 Å². The zero-order valence-electron chi connectivity index (χ0n) is 14.9. The fraction of sp³-hybridized carbons (Fsp3) is 0.579. The van der Waals surface area contributed by atoms with Gasteiger partial charge < -0.3 is 9.47 Å². The van der Waals surface area contributed by atoms with Gasteiger partial charge in [0.2, 0.25) is 0 Å². The van der Waals surface area contributed by atoms with Gasteiger partial charge in [-0.3, -0.25) is 4.79 Å². The van der Waals surface area contributed by atoms with E-state index in [4.69, 9.17) is 9.47 Å². The van der Waals surface area contributed by atoms with E-state index in [9.17, 15) is 9.59 Å². The summed E-state index contributed by atoms with van der Waals surface area (Å²) in [6.07, 6.45) is 9.20. The number of allylic oxidation sites excluding steroid dienone is 2. The highest BCUT2D eigenvalue weighted by Crippen LogP contribution is 2.40. The van der Waals surface area contributed by atoms with Gasteiger partial charge in [-0.05, 0) is 37.8 Å². The summed E-state index contributed by atoms with van der Waals surface area (Å²) in [6.45, 7) is 7.79. The predicted octanol–water partition coefficient (Wildman–Crippen LogP) is 4.26. The Balaban J connectivity index is 3.04. The maximum absolute atomic E-state index is 11.5. The van der Waals surface area contributed by atoms with Crippen LogP contribution in [0.15, 0.2) is 35.1 Å². The van der Waals surface area contributed by atoms with Gasteiger partial charge in [-0.15, -0.1) is 0 Å². The Morgan fingerprint density at radius 2 is 2.00 bits per heavy atom. The molecule has 128 valence electrons. The zero-order valence-corrected chi connectivity index (χ0v) is 14.9. The summed E-state index contributed by atoms with van der Waals surface area (Å²) < 4.78 is 10.9. The van der Waals surface area contributed by atoms with Crippen LogP contribution in [0.2, 0.25) is 0 Å². The van der Waals surface area contributed by atoms with E-state index < -0.39 is 11.6 Å². The summed E-state index contributed by atoms with van der Waals surface area (Å²) in [4.78, 5) is 22.7. The standard InChI is InChI=1S/C19H28O4/c1-6-15(10-9-14(4)20)12-19(8-3)13-16(7-2)17(23-19)11-18(21)22-5/h10-11,13H,6-9,12H2,1-5H3/b15-10+,17-11-/t19-/m1/s1. The number of esters is 1. The number of carbonyl (C=O) groups excluding carboxylic acids is 2. The molecular weight excluding hydrogens is 292 g/mol. The molecule has 1 atom stereocenters. The molecule has 0 aliphatic carbocycles. The molecule has 1 rings (SSSR count). The van der Waals surface area contributed by atoms with Crippen molar-refractivity contribution in [3.63, 3.8) is 0 Å². The number of carbonyl (C=O) groups is 2. The van der Waals surface area contributed by atoms with Crippen molar-refractivity contribution < 1.29 is 19.1 Å². The van der Waals surface area contributed by atoms with Gasteiger partial charge in [-0.2, -0.15) is 0 Å². The molecule has 0 unspecified atom stereocenters. The maximum atomic E-state index is 11.5. The summed E-state index contributed by atoms with van der Waals surface area (Å²) in [6, 6.07) is 0. The SMILES string of the molecule is CCC1=C[C@@](CC)(C/C(=C/CC(C)=O)CC)O/C1=C\C(=O)OC. The van der Waals surface area contributed by atoms with Crippen molar-refractivity contribution in [2.24, 2.45) is 0 Å². The van der Waals surface area contributed by atoms with E-state index in [1.807, 2.05) is 13.0 Å². The Labute approximate surface area is 139 Å². The topological polar surface area (TPSA) is 52.6 Å². The molecule has 0 aromatic heterocycles. The van der Waals surface area contributed by atoms with Crippen LogP contribution in [-0.2, 0) is 19.1 Å². The van der Waals surface area contributed by atoms with Crippen LogP contribution in [0.3, 0.4) is 0 Å². The van der Waals surface area contributed by atoms with E-state index in [0.717, 1.165) is 31.3 Å². The minimum absolute atomic E-state index is 0.157. The first kappa shape index (κ1) is 19.2. The highest BCUT2D eigenvalue weighted by molar-refractivity contribution is 5.83. The normalized spacial score (nSPS) is 22.7. The van der Waals surface area contributed by atoms with E-state index in [-0.39, 0.29) is 5.78 Å². The molecule has 4 nitrogen and oxygen atoms in total. The van der Waals surface area contributed by atoms with Crippen LogP contribution in [0.4, 0.5) is 0 Å². The van der Waals surface area contributed by atoms with E-state index in [0.29, 0.717) is 12.2 Å². The number of ketones is 1. The van der Waals surface area contributed by atoms with Crippen molar-refractivity contribution in [2.75, 3.05) is 7.11 Å². The second kappa shape index (κ2) is 8.70. The van der Waals surface area contributed by atoms with Crippen molar-refractivity contribution in [1.29, 1.82) is 0 Å². The van der Waals surface area contributed by atoms with Gasteiger partial charge in [0.05, 0.1) is 13.2 Å². The summed E-state index contributed by atoms with van der Waals surface area (Å²) in [7, 11) is 1.36. The van der Waals surface area contributed by atoms with E-state index in [1.165, 1.54) is 18.8 Å². The summed E-state index contributed by atoms with van der Waals surface area (Å²) in [5.41, 5.74) is 1.79. The molecule has 1 aliphatic rings. The highest BCUT2D eigenvalue weighted by atomic mass is 16.5. The number of hydrogen-bond acceptors (Lipinski definition) is 4. The van der Waals surface area contributed by atoms with Crippen LogP contribution in [0.1, 0.15) is 59.8 Å². The first-order chi connectivity index (χ1) is 10.9. The van der Waals surface area contributed by atoms with Gasteiger partial charge in [0.25, 0.3) is 0 Å². The van der Waals surface area contributed by atoms with Gasteiger partial charge in [0, 0.05) is 12.8 Å². The number of Topliss-reactive ketones (excluding diaryl/α,β-unsaturated/α-hetero) is 1. The smallest absolute Gasteiger partial charge is 0.334 e. The molecule has 0 fully saturated rings. The van der Waals surface area contributed by atoms with Crippen LogP contribution >= 0.6 is 0 Å². The third kappa shape index (κ3) is 5.38. The summed E-state index contributed by atoms with van der Waals surface area (Å²) >= 11 is 0. The fourth-order valence-corrected chi connectivity index (χ4v) is 2.67. The van der Waals surface area contributed by atoms with E-state index >= 15 is 0 Å². The first-order valence-corrected chi connectivity index (χ1v) is 8.27. The molecule has 0 aromatic rings. The number of methoxy groups -OCH3 is 1. The second-order valence-corrected chi connectivity index (χ2v) is 5.87. The number of ether oxygens (including phenoxy) is 2. The molecule has 0 radical (unpaired) electrons. The highest BCUT2D eigenvalue weighted by Gasteiger charge is 2.36. The number of hydrogen-bond donors (Lipinski definition) is 0. The van der Waals surface area contributed by atoms with Crippen molar-refractivity contribution in [2.45, 2.75) is 65.4 Å². The van der Waals surface area contributed by atoms with Crippen molar-refractivity contribution in [3.05, 3.63) is 35.1 Å². The summed E-state index contributed by atoms with van der Waals surface area (Å²) in [5, 5.41) is 0. The van der Waals surface area contributed by atoms with Gasteiger partial charge in [-0.1, -0.05) is 32.4 Å². The lowest BCUT2D eigenvalue weighted by molar-refractivity contribution is -0.135. The molecule has 1 heterocycles. The molecule has 0 N–H and O–H groups in total. The Bertz CT molecular complexity index is 540. The van der Waals surface area contributed by atoms with E-state index in [1.54, 1.807) is 6.92 Å². The average Bonchev–Trinajstić information content (AvgIpc) is 2.89. The van der Waals surface area contributed by atoms with Crippen molar-refractivity contribution >= 4 is 11.8 Å². The molecule has 0 spiro atoms. The minimum Gasteiger partial charge on any atom is -0.482 e. The third-order valence-electron chi connectivity index (χ3n) is 4.16.